The van der Waals surface area contributed by atoms with Gasteiger partial charge in [-0.1, -0.05) is 0 Å². The number of nitriles is 2. The van der Waals surface area contributed by atoms with E-state index in [9.17, 15) is 0 Å². The standard InChI is InChI=1S/C14H10N6/c15-9-13(17-11-19-5-1-2-6-19)14(10-16)18-12-20-7-3-4-8-20/h1-8,11-12H/b14-13+,17-11?,18-12?. The second-order valence-corrected chi connectivity index (χ2v) is 3.67. The molecule has 6 nitrogen and oxygen atoms in total. The van der Waals surface area contributed by atoms with E-state index in [4.69, 9.17) is 10.5 Å². The zero-order valence-electron chi connectivity index (χ0n) is 10.5. The fraction of sp³-hybridized carbons (Fsp3) is 0. The van der Waals surface area contributed by atoms with Gasteiger partial charge in [0.2, 0.25) is 0 Å². The molecule has 0 saturated heterocycles. The molecule has 2 heterocycles. The van der Waals surface area contributed by atoms with Crippen LogP contribution in [-0.2, 0) is 0 Å². The molecule has 0 fully saturated rings. The molecule has 0 aromatic carbocycles. The molecule has 0 aliphatic carbocycles. The van der Waals surface area contributed by atoms with E-state index in [1.54, 1.807) is 33.9 Å². The minimum Gasteiger partial charge on any atom is -0.315 e. The lowest BCUT2D eigenvalue weighted by Gasteiger charge is -1.94. The first-order valence-corrected chi connectivity index (χ1v) is 5.71. The summed E-state index contributed by atoms with van der Waals surface area (Å²) in [5.41, 5.74) is -0.0748. The van der Waals surface area contributed by atoms with Crippen LogP contribution in [0, 0.1) is 22.7 Å². The Morgan fingerprint density at radius 3 is 1.40 bits per heavy atom. The molecular formula is C14H10N6. The zero-order chi connectivity index (χ0) is 14.2. The molecule has 0 atom stereocenters. The average molecular weight is 262 g/mol. The fourth-order valence-electron chi connectivity index (χ4n) is 1.38. The van der Waals surface area contributed by atoms with Crippen LogP contribution in [0.1, 0.15) is 0 Å². The summed E-state index contributed by atoms with van der Waals surface area (Å²) in [6, 6.07) is 11.1. The molecule has 2 aromatic heterocycles. The van der Waals surface area contributed by atoms with Crippen molar-refractivity contribution < 1.29 is 0 Å². The van der Waals surface area contributed by atoms with Crippen LogP contribution in [0.15, 0.2) is 70.4 Å². The van der Waals surface area contributed by atoms with E-state index in [0.29, 0.717) is 0 Å². The molecule has 2 aromatic rings. The van der Waals surface area contributed by atoms with Crippen molar-refractivity contribution in [2.45, 2.75) is 0 Å². The number of aromatic nitrogens is 2. The Morgan fingerprint density at radius 1 is 0.750 bits per heavy atom. The molecule has 20 heavy (non-hydrogen) atoms. The number of hydrogen-bond acceptors (Lipinski definition) is 4. The number of hydrogen-bond donors (Lipinski definition) is 0. The van der Waals surface area contributed by atoms with Crippen molar-refractivity contribution in [3.8, 4) is 12.1 Å². The monoisotopic (exact) mass is 262 g/mol. The number of allylic oxidation sites excluding steroid dienone is 2. The van der Waals surface area contributed by atoms with Crippen LogP contribution >= 0.6 is 0 Å². The second-order valence-electron chi connectivity index (χ2n) is 3.67. The van der Waals surface area contributed by atoms with Crippen molar-refractivity contribution in [1.29, 1.82) is 10.5 Å². The molecule has 0 aliphatic rings. The van der Waals surface area contributed by atoms with Crippen LogP contribution in [0.25, 0.3) is 0 Å². The van der Waals surface area contributed by atoms with E-state index in [-0.39, 0.29) is 11.4 Å². The Morgan fingerprint density at radius 2 is 1.10 bits per heavy atom. The van der Waals surface area contributed by atoms with Crippen LogP contribution in [0.4, 0.5) is 0 Å². The Balaban J connectivity index is 2.25. The van der Waals surface area contributed by atoms with Gasteiger partial charge in [0, 0.05) is 24.8 Å². The fourth-order valence-corrected chi connectivity index (χ4v) is 1.38. The predicted molar refractivity (Wildman–Crippen MR) is 74.9 cm³/mol. The maximum Gasteiger partial charge on any atom is 0.178 e. The van der Waals surface area contributed by atoms with Crippen LogP contribution < -0.4 is 0 Å². The summed E-state index contributed by atoms with van der Waals surface area (Å²) in [4.78, 5) is 7.93. The highest BCUT2D eigenvalue weighted by molar-refractivity contribution is 5.64. The van der Waals surface area contributed by atoms with Crippen molar-refractivity contribution in [3.63, 3.8) is 0 Å². The number of aliphatic imine (C=N–C) groups is 2. The SMILES string of the molecule is N#C/C(N=Cn1cccc1)=C(/C#N)N=Cn1cccc1. The van der Waals surface area contributed by atoms with Gasteiger partial charge < -0.3 is 9.13 Å². The van der Waals surface area contributed by atoms with E-state index in [1.165, 1.54) is 12.7 Å². The van der Waals surface area contributed by atoms with Gasteiger partial charge in [0.05, 0.1) is 0 Å². The van der Waals surface area contributed by atoms with Gasteiger partial charge in [0.1, 0.15) is 24.8 Å². The summed E-state index contributed by atoms with van der Waals surface area (Å²) >= 11 is 0. The van der Waals surface area contributed by atoms with Crippen molar-refractivity contribution >= 4 is 12.7 Å². The van der Waals surface area contributed by atoms with E-state index >= 15 is 0 Å². The molecule has 0 unspecified atom stereocenters. The predicted octanol–water partition coefficient (Wildman–Crippen LogP) is 2.00. The molecule has 0 amide bonds. The quantitative estimate of drug-likeness (QED) is 0.479. The van der Waals surface area contributed by atoms with Gasteiger partial charge in [-0.25, -0.2) is 9.98 Å². The lowest BCUT2D eigenvalue weighted by Crippen LogP contribution is -1.94. The van der Waals surface area contributed by atoms with E-state index in [1.807, 2.05) is 36.4 Å². The number of nitrogens with zero attached hydrogens (tertiary/aromatic N) is 6. The zero-order valence-corrected chi connectivity index (χ0v) is 10.5. The summed E-state index contributed by atoms with van der Waals surface area (Å²) in [5.74, 6) is 0. The Labute approximate surface area is 115 Å². The summed E-state index contributed by atoms with van der Waals surface area (Å²) in [6.45, 7) is 0. The van der Waals surface area contributed by atoms with Gasteiger partial charge in [-0.2, -0.15) is 10.5 Å². The minimum absolute atomic E-state index is 0.0374. The minimum atomic E-state index is -0.0374. The highest BCUT2D eigenvalue weighted by atomic mass is 15.0. The van der Waals surface area contributed by atoms with Gasteiger partial charge in [-0.15, -0.1) is 0 Å². The van der Waals surface area contributed by atoms with Crippen LogP contribution in [0.3, 0.4) is 0 Å². The number of rotatable bonds is 4. The normalized spacial score (nSPS) is 12.3. The highest BCUT2D eigenvalue weighted by Gasteiger charge is 2.02. The molecule has 0 saturated carbocycles. The Hall–Kier alpha value is -3.38. The third-order valence-electron chi connectivity index (χ3n) is 2.33. The Bertz CT molecular complexity index is 653. The molecule has 2 rings (SSSR count). The first kappa shape index (κ1) is 13.1. The Kier molecular flexibility index (Phi) is 4.26. The van der Waals surface area contributed by atoms with Crippen LogP contribution in [0.2, 0.25) is 0 Å². The molecule has 0 aliphatic heterocycles. The van der Waals surface area contributed by atoms with Crippen LogP contribution in [-0.4, -0.2) is 21.8 Å². The van der Waals surface area contributed by atoms with E-state index < -0.39 is 0 Å². The van der Waals surface area contributed by atoms with Gasteiger partial charge in [0.25, 0.3) is 0 Å². The van der Waals surface area contributed by atoms with Crippen molar-refractivity contribution in [3.05, 3.63) is 60.4 Å². The largest absolute Gasteiger partial charge is 0.315 e. The third kappa shape index (κ3) is 3.31. The van der Waals surface area contributed by atoms with Gasteiger partial charge in [-0.3, -0.25) is 0 Å². The smallest absolute Gasteiger partial charge is 0.178 e. The average Bonchev–Trinajstić information content (AvgIpc) is 3.15. The summed E-state index contributed by atoms with van der Waals surface area (Å²) in [6.07, 6.45) is 9.98. The van der Waals surface area contributed by atoms with Gasteiger partial charge in [-0.05, 0) is 24.3 Å². The molecular weight excluding hydrogens is 252 g/mol. The maximum atomic E-state index is 9.05. The van der Waals surface area contributed by atoms with E-state index in [0.717, 1.165) is 0 Å². The molecule has 6 heteroatoms. The molecule has 0 radical (unpaired) electrons. The van der Waals surface area contributed by atoms with Crippen molar-refractivity contribution in [2.75, 3.05) is 0 Å². The topological polar surface area (TPSA) is 82.2 Å². The van der Waals surface area contributed by atoms with E-state index in [2.05, 4.69) is 9.98 Å². The summed E-state index contributed by atoms with van der Waals surface area (Å²) in [7, 11) is 0. The maximum absolute atomic E-state index is 9.05. The lowest BCUT2D eigenvalue weighted by atomic mass is 10.4. The van der Waals surface area contributed by atoms with Gasteiger partial charge in [0.15, 0.2) is 11.4 Å². The van der Waals surface area contributed by atoms with Crippen LogP contribution in [0.5, 0.6) is 0 Å². The first-order valence-electron chi connectivity index (χ1n) is 5.71. The highest BCUT2D eigenvalue weighted by Crippen LogP contribution is 2.05. The summed E-state index contributed by atoms with van der Waals surface area (Å²) < 4.78 is 3.34. The molecule has 96 valence electrons. The molecule has 0 bridgehead atoms. The molecule has 0 N–H and O–H groups in total. The lowest BCUT2D eigenvalue weighted by molar-refractivity contribution is 1.16. The third-order valence-corrected chi connectivity index (χ3v) is 2.33. The summed E-state index contributed by atoms with van der Waals surface area (Å²) in [5, 5.41) is 18.1. The van der Waals surface area contributed by atoms with Crippen molar-refractivity contribution in [1.82, 2.24) is 9.13 Å². The van der Waals surface area contributed by atoms with Gasteiger partial charge >= 0.3 is 0 Å². The second kappa shape index (κ2) is 6.53. The van der Waals surface area contributed by atoms with Crippen molar-refractivity contribution in [2.24, 2.45) is 9.98 Å². The molecule has 0 spiro atoms. The first-order chi connectivity index (χ1) is 9.83.